The number of ether oxygens (including phenoxy) is 1. The van der Waals surface area contributed by atoms with Crippen LogP contribution in [0.25, 0.3) is 22.0 Å². The summed E-state index contributed by atoms with van der Waals surface area (Å²) in [6.07, 6.45) is 4.11. The number of nitrogens with one attached hydrogen (secondary N) is 1. The Morgan fingerprint density at radius 1 is 1.10 bits per heavy atom. The zero-order valence-corrected chi connectivity index (χ0v) is 17.8. The molecule has 1 aliphatic heterocycles. The summed E-state index contributed by atoms with van der Waals surface area (Å²) in [4.78, 5) is 23.7. The first-order valence-electron chi connectivity index (χ1n) is 10.5. The Labute approximate surface area is 177 Å². The topological polar surface area (TPSA) is 67.3 Å². The van der Waals surface area contributed by atoms with E-state index < -0.39 is 11.7 Å². The van der Waals surface area contributed by atoms with Crippen molar-refractivity contribution in [1.82, 2.24) is 15.3 Å². The quantitative estimate of drug-likeness (QED) is 0.655. The fourth-order valence-corrected chi connectivity index (χ4v) is 3.76. The Morgan fingerprint density at radius 3 is 2.70 bits per heavy atom. The van der Waals surface area contributed by atoms with E-state index in [0.29, 0.717) is 5.95 Å². The molecule has 0 radical (unpaired) electrons. The molecule has 1 amide bonds. The van der Waals surface area contributed by atoms with Crippen molar-refractivity contribution < 1.29 is 9.53 Å². The van der Waals surface area contributed by atoms with Crippen LogP contribution >= 0.6 is 0 Å². The lowest BCUT2D eigenvalue weighted by Crippen LogP contribution is -2.52. The molecule has 0 aliphatic carbocycles. The van der Waals surface area contributed by atoms with Crippen LogP contribution in [0, 0.1) is 0 Å². The van der Waals surface area contributed by atoms with Gasteiger partial charge in [0.25, 0.3) is 0 Å². The van der Waals surface area contributed by atoms with Crippen molar-refractivity contribution in [3.05, 3.63) is 54.7 Å². The predicted octanol–water partition coefficient (Wildman–Crippen LogP) is 5.14. The first-order chi connectivity index (χ1) is 14.4. The number of benzene rings is 2. The molecule has 6 heteroatoms. The number of alkyl carbamates (subject to hydrolysis) is 1. The Balaban J connectivity index is 1.58. The number of anilines is 1. The highest BCUT2D eigenvalue weighted by Crippen LogP contribution is 2.26. The molecule has 0 spiro atoms. The van der Waals surface area contributed by atoms with Gasteiger partial charge in [-0.2, -0.15) is 0 Å². The number of piperidine rings is 1. The van der Waals surface area contributed by atoms with Gasteiger partial charge in [-0.3, -0.25) is 0 Å². The molecule has 1 fully saturated rings. The van der Waals surface area contributed by atoms with Crippen LogP contribution in [0.15, 0.2) is 54.7 Å². The Kier molecular flexibility index (Phi) is 5.57. The molecule has 3 aromatic rings. The summed E-state index contributed by atoms with van der Waals surface area (Å²) in [5, 5.41) is 5.37. The third-order valence-electron chi connectivity index (χ3n) is 5.13. The van der Waals surface area contributed by atoms with E-state index in [9.17, 15) is 4.79 Å². The summed E-state index contributed by atoms with van der Waals surface area (Å²) in [6.45, 7) is 6.38. The average Bonchev–Trinajstić information content (AvgIpc) is 2.72. The molecule has 156 valence electrons. The first-order valence-corrected chi connectivity index (χ1v) is 10.5. The molecule has 0 bridgehead atoms. The second-order valence-corrected chi connectivity index (χ2v) is 8.66. The van der Waals surface area contributed by atoms with E-state index in [4.69, 9.17) is 9.72 Å². The number of fused-ring (bicyclic) bond motifs is 1. The highest BCUT2D eigenvalue weighted by molar-refractivity contribution is 5.86. The Bertz CT molecular complexity index is 1040. The van der Waals surface area contributed by atoms with E-state index in [2.05, 4.69) is 45.5 Å². The molecular weight excluding hydrogens is 376 g/mol. The number of hydrogen-bond acceptors (Lipinski definition) is 5. The summed E-state index contributed by atoms with van der Waals surface area (Å²) < 4.78 is 5.44. The molecule has 2 heterocycles. The van der Waals surface area contributed by atoms with Crippen LogP contribution in [-0.4, -0.2) is 34.4 Å². The largest absolute Gasteiger partial charge is 0.444 e. The normalized spacial score (nSPS) is 17.0. The maximum Gasteiger partial charge on any atom is 0.409 e. The second-order valence-electron chi connectivity index (χ2n) is 8.66. The van der Waals surface area contributed by atoms with E-state index in [1.54, 1.807) is 6.20 Å². The van der Waals surface area contributed by atoms with Gasteiger partial charge in [0.05, 0.1) is 5.69 Å². The van der Waals surface area contributed by atoms with Gasteiger partial charge in [-0.25, -0.2) is 14.8 Å². The summed E-state index contributed by atoms with van der Waals surface area (Å²) in [6, 6.07) is 16.6. The fraction of sp³-hybridized carbons (Fsp3) is 0.375. The molecule has 1 atom stereocenters. The lowest BCUT2D eigenvalue weighted by atomic mass is 10.0. The number of rotatable bonds is 3. The van der Waals surface area contributed by atoms with Crippen molar-refractivity contribution in [2.75, 3.05) is 11.4 Å². The number of hydrogen-bond donors (Lipinski definition) is 1. The highest BCUT2D eigenvalue weighted by atomic mass is 16.6. The van der Waals surface area contributed by atoms with Gasteiger partial charge < -0.3 is 15.0 Å². The molecule has 1 N–H and O–H groups in total. The summed E-state index contributed by atoms with van der Waals surface area (Å²) in [5.41, 5.74) is 1.38. The third-order valence-corrected chi connectivity index (χ3v) is 5.13. The van der Waals surface area contributed by atoms with Crippen LogP contribution in [0.1, 0.15) is 40.0 Å². The van der Waals surface area contributed by atoms with E-state index >= 15 is 0 Å². The van der Waals surface area contributed by atoms with Crippen LogP contribution in [0.2, 0.25) is 0 Å². The van der Waals surface area contributed by atoms with Crippen LogP contribution in [-0.2, 0) is 4.74 Å². The minimum atomic E-state index is -0.532. The monoisotopic (exact) mass is 404 g/mol. The van der Waals surface area contributed by atoms with Crippen LogP contribution in [0.3, 0.4) is 0 Å². The van der Waals surface area contributed by atoms with Gasteiger partial charge in [0.2, 0.25) is 5.95 Å². The fourth-order valence-electron chi connectivity index (χ4n) is 3.76. The smallest absolute Gasteiger partial charge is 0.409 e. The highest BCUT2D eigenvalue weighted by Gasteiger charge is 2.28. The molecular formula is C24H28N4O2. The standard InChI is InChI=1S/C24H28N4O2/c1-24(2,3)30-23(29)27-21-10-6-7-15-28(21)22-25-14-13-20(26-22)19-12-11-17-8-4-5-9-18(17)16-19/h4-5,8-9,11-14,16,21H,6-7,10,15H2,1-3H3,(H,27,29)/t21-/m0/s1. The van der Waals surface area contributed by atoms with Crippen molar-refractivity contribution in [1.29, 1.82) is 0 Å². The van der Waals surface area contributed by atoms with E-state index in [1.807, 2.05) is 39.0 Å². The predicted molar refractivity (Wildman–Crippen MR) is 119 cm³/mol. The SMILES string of the molecule is CC(C)(C)OC(=O)N[C@@H]1CCCCN1c1nccc(-c2ccc3ccccc3c2)n1. The van der Waals surface area contributed by atoms with Gasteiger partial charge in [-0.05, 0) is 62.9 Å². The lowest BCUT2D eigenvalue weighted by Gasteiger charge is -2.36. The van der Waals surface area contributed by atoms with Crippen molar-refractivity contribution in [3.8, 4) is 11.3 Å². The number of amides is 1. The minimum absolute atomic E-state index is 0.180. The second kappa shape index (κ2) is 8.30. The van der Waals surface area contributed by atoms with Crippen LogP contribution in [0.5, 0.6) is 0 Å². The van der Waals surface area contributed by atoms with Crippen LogP contribution < -0.4 is 10.2 Å². The number of carbonyl (C=O) groups is 1. The van der Waals surface area contributed by atoms with E-state index in [0.717, 1.165) is 37.1 Å². The van der Waals surface area contributed by atoms with Gasteiger partial charge in [0.1, 0.15) is 11.8 Å². The molecule has 1 aromatic heterocycles. The molecule has 2 aromatic carbocycles. The maximum atomic E-state index is 12.3. The molecule has 30 heavy (non-hydrogen) atoms. The molecule has 0 saturated carbocycles. The van der Waals surface area contributed by atoms with Gasteiger partial charge in [-0.15, -0.1) is 0 Å². The van der Waals surface area contributed by atoms with Crippen LogP contribution in [0.4, 0.5) is 10.7 Å². The van der Waals surface area contributed by atoms with E-state index in [-0.39, 0.29) is 6.17 Å². The average molecular weight is 405 g/mol. The van der Waals surface area contributed by atoms with Gasteiger partial charge in [-0.1, -0.05) is 36.4 Å². The number of aromatic nitrogens is 2. The first kappa shape index (κ1) is 20.1. The number of nitrogens with zero attached hydrogens (tertiary/aromatic N) is 3. The molecule has 6 nitrogen and oxygen atoms in total. The lowest BCUT2D eigenvalue weighted by molar-refractivity contribution is 0.0495. The van der Waals surface area contributed by atoms with Gasteiger partial charge in [0.15, 0.2) is 0 Å². The Hall–Kier alpha value is -3.15. The Morgan fingerprint density at radius 2 is 1.90 bits per heavy atom. The number of carbonyl (C=O) groups excluding carboxylic acids is 1. The zero-order valence-electron chi connectivity index (χ0n) is 17.8. The zero-order chi connectivity index (χ0) is 21.1. The summed E-state index contributed by atoms with van der Waals surface area (Å²) in [5.74, 6) is 0.626. The molecule has 4 rings (SSSR count). The molecule has 0 unspecified atom stereocenters. The summed E-state index contributed by atoms with van der Waals surface area (Å²) in [7, 11) is 0. The minimum Gasteiger partial charge on any atom is -0.444 e. The van der Waals surface area contributed by atoms with Crippen molar-refractivity contribution in [3.63, 3.8) is 0 Å². The molecule has 1 saturated heterocycles. The van der Waals surface area contributed by atoms with Crippen molar-refractivity contribution >= 4 is 22.8 Å². The molecule has 1 aliphatic rings. The van der Waals surface area contributed by atoms with Gasteiger partial charge in [0, 0.05) is 18.3 Å². The van der Waals surface area contributed by atoms with Crippen molar-refractivity contribution in [2.45, 2.75) is 51.8 Å². The van der Waals surface area contributed by atoms with Gasteiger partial charge >= 0.3 is 6.09 Å². The van der Waals surface area contributed by atoms with Crippen molar-refractivity contribution in [2.24, 2.45) is 0 Å². The van der Waals surface area contributed by atoms with E-state index in [1.165, 1.54) is 10.8 Å². The summed E-state index contributed by atoms with van der Waals surface area (Å²) >= 11 is 0. The third kappa shape index (κ3) is 4.70. The maximum absolute atomic E-state index is 12.3.